The SMILES string of the molecule is CN(C)CCN(Cc1ccccc1C(F)(F)F)C(=O)COc1cccc2c1CCNC2. The van der Waals surface area contributed by atoms with Crippen molar-refractivity contribution in [1.29, 1.82) is 0 Å². The molecule has 1 N–H and O–H groups in total. The number of halogens is 3. The number of fused-ring (bicyclic) bond motifs is 1. The van der Waals surface area contributed by atoms with E-state index in [1.54, 1.807) is 6.07 Å². The molecule has 0 fully saturated rings. The number of hydrogen-bond donors (Lipinski definition) is 1. The van der Waals surface area contributed by atoms with Gasteiger partial charge in [0, 0.05) is 26.2 Å². The summed E-state index contributed by atoms with van der Waals surface area (Å²) in [5.41, 5.74) is 1.57. The Morgan fingerprint density at radius 1 is 1.10 bits per heavy atom. The first-order chi connectivity index (χ1) is 14.8. The number of hydrogen-bond acceptors (Lipinski definition) is 4. The van der Waals surface area contributed by atoms with E-state index >= 15 is 0 Å². The summed E-state index contributed by atoms with van der Waals surface area (Å²) in [7, 11) is 3.71. The molecule has 0 radical (unpaired) electrons. The molecule has 1 heterocycles. The molecule has 0 unspecified atom stereocenters. The lowest BCUT2D eigenvalue weighted by atomic mass is 10.0. The van der Waals surface area contributed by atoms with Crippen LogP contribution < -0.4 is 10.1 Å². The molecule has 1 aliphatic heterocycles. The van der Waals surface area contributed by atoms with Gasteiger partial charge in [0.05, 0.1) is 5.56 Å². The molecule has 0 saturated heterocycles. The van der Waals surface area contributed by atoms with Crippen LogP contribution in [0.2, 0.25) is 0 Å². The number of alkyl halides is 3. The minimum Gasteiger partial charge on any atom is -0.483 e. The maximum absolute atomic E-state index is 13.4. The Balaban J connectivity index is 1.74. The molecule has 5 nitrogen and oxygen atoms in total. The Bertz CT molecular complexity index is 900. The molecule has 2 aromatic rings. The number of benzene rings is 2. The zero-order valence-corrected chi connectivity index (χ0v) is 17.8. The number of nitrogens with one attached hydrogen (secondary N) is 1. The zero-order valence-electron chi connectivity index (χ0n) is 17.8. The van der Waals surface area contributed by atoms with Gasteiger partial charge >= 0.3 is 6.18 Å². The minimum absolute atomic E-state index is 0.0743. The fraction of sp³-hybridized carbons (Fsp3) is 0.435. The van der Waals surface area contributed by atoms with E-state index in [1.807, 2.05) is 37.2 Å². The van der Waals surface area contributed by atoms with Crippen LogP contribution in [-0.2, 0) is 30.5 Å². The first-order valence-electron chi connectivity index (χ1n) is 10.3. The average Bonchev–Trinajstić information content (AvgIpc) is 2.74. The highest BCUT2D eigenvalue weighted by atomic mass is 19.4. The molecule has 0 aliphatic carbocycles. The monoisotopic (exact) mass is 435 g/mol. The highest BCUT2D eigenvalue weighted by Gasteiger charge is 2.33. The Hall–Kier alpha value is -2.58. The van der Waals surface area contributed by atoms with E-state index in [0.29, 0.717) is 18.8 Å². The largest absolute Gasteiger partial charge is 0.483 e. The number of nitrogens with zero attached hydrogens (tertiary/aromatic N) is 2. The molecule has 168 valence electrons. The molecular weight excluding hydrogens is 407 g/mol. The quantitative estimate of drug-likeness (QED) is 0.691. The number of amides is 1. The van der Waals surface area contributed by atoms with E-state index in [4.69, 9.17) is 4.74 Å². The Labute approximate surface area is 180 Å². The maximum atomic E-state index is 13.4. The van der Waals surface area contributed by atoms with Crippen molar-refractivity contribution >= 4 is 5.91 Å². The van der Waals surface area contributed by atoms with Gasteiger partial charge in [-0.25, -0.2) is 0 Å². The number of likely N-dealkylation sites (N-methyl/N-ethyl adjacent to an activating group) is 1. The summed E-state index contributed by atoms with van der Waals surface area (Å²) in [6.45, 7) is 2.09. The van der Waals surface area contributed by atoms with Gasteiger partial charge in [-0.3, -0.25) is 4.79 Å². The molecular formula is C23H28F3N3O2. The number of rotatable bonds is 8. The normalized spacial score (nSPS) is 13.7. The van der Waals surface area contributed by atoms with Crippen molar-refractivity contribution in [2.45, 2.75) is 25.7 Å². The molecule has 0 aromatic heterocycles. The molecule has 0 atom stereocenters. The fourth-order valence-corrected chi connectivity index (χ4v) is 3.62. The van der Waals surface area contributed by atoms with E-state index in [0.717, 1.165) is 36.7 Å². The molecule has 3 rings (SSSR count). The predicted octanol–water partition coefficient (Wildman–Crippen LogP) is 3.32. The summed E-state index contributed by atoms with van der Waals surface area (Å²) in [6, 6.07) is 11.1. The fourth-order valence-electron chi connectivity index (χ4n) is 3.62. The summed E-state index contributed by atoms with van der Waals surface area (Å²) < 4.78 is 46.0. The third-order valence-corrected chi connectivity index (χ3v) is 5.30. The van der Waals surface area contributed by atoms with Crippen LogP contribution >= 0.6 is 0 Å². The first-order valence-corrected chi connectivity index (χ1v) is 10.3. The van der Waals surface area contributed by atoms with E-state index < -0.39 is 11.7 Å². The van der Waals surface area contributed by atoms with Crippen molar-refractivity contribution in [3.8, 4) is 5.75 Å². The number of carbonyl (C=O) groups excluding carboxylic acids is 1. The average molecular weight is 435 g/mol. The molecule has 2 aromatic carbocycles. The van der Waals surface area contributed by atoms with Crippen LogP contribution in [0, 0.1) is 0 Å². The molecule has 0 spiro atoms. The van der Waals surface area contributed by atoms with Crippen LogP contribution in [0.4, 0.5) is 13.2 Å². The predicted molar refractivity (Wildman–Crippen MR) is 113 cm³/mol. The zero-order chi connectivity index (χ0) is 22.4. The number of ether oxygens (including phenoxy) is 1. The topological polar surface area (TPSA) is 44.8 Å². The van der Waals surface area contributed by atoms with Gasteiger partial charge in [-0.2, -0.15) is 13.2 Å². The molecule has 0 saturated carbocycles. The molecule has 8 heteroatoms. The van der Waals surface area contributed by atoms with Crippen molar-refractivity contribution < 1.29 is 22.7 Å². The van der Waals surface area contributed by atoms with E-state index in [1.165, 1.54) is 17.0 Å². The second kappa shape index (κ2) is 10.2. The first kappa shape index (κ1) is 23.1. The number of carbonyl (C=O) groups is 1. The molecule has 1 amide bonds. The van der Waals surface area contributed by atoms with Crippen molar-refractivity contribution in [1.82, 2.24) is 15.1 Å². The Morgan fingerprint density at radius 2 is 1.87 bits per heavy atom. The Morgan fingerprint density at radius 3 is 2.61 bits per heavy atom. The van der Waals surface area contributed by atoms with Crippen LogP contribution in [0.25, 0.3) is 0 Å². The van der Waals surface area contributed by atoms with Gasteiger partial charge < -0.3 is 19.9 Å². The van der Waals surface area contributed by atoms with Crippen LogP contribution in [-0.4, -0.2) is 56.0 Å². The standard InChI is InChI=1S/C23H28F3N3O2/c1-28(2)12-13-29(15-18-6-3-4-8-20(18)23(24,25)26)22(30)16-31-21-9-5-7-17-14-27-11-10-19(17)21/h3-9,27H,10-16H2,1-2H3. The lowest BCUT2D eigenvalue weighted by molar-refractivity contribution is -0.140. The van der Waals surface area contributed by atoms with Gasteiger partial charge in [0.25, 0.3) is 5.91 Å². The maximum Gasteiger partial charge on any atom is 0.416 e. The summed E-state index contributed by atoms with van der Waals surface area (Å²) in [5, 5.41) is 3.30. The molecule has 0 bridgehead atoms. The van der Waals surface area contributed by atoms with Crippen LogP contribution in [0.15, 0.2) is 42.5 Å². The van der Waals surface area contributed by atoms with Gasteiger partial charge in [-0.1, -0.05) is 30.3 Å². The van der Waals surface area contributed by atoms with Gasteiger partial charge in [0.1, 0.15) is 5.75 Å². The second-order valence-electron chi connectivity index (χ2n) is 7.88. The van der Waals surface area contributed by atoms with E-state index in [2.05, 4.69) is 5.32 Å². The third-order valence-electron chi connectivity index (χ3n) is 5.30. The van der Waals surface area contributed by atoms with Crippen LogP contribution in [0.5, 0.6) is 5.75 Å². The summed E-state index contributed by atoms with van der Waals surface area (Å²) in [5.74, 6) is 0.320. The highest BCUT2D eigenvalue weighted by Crippen LogP contribution is 2.32. The van der Waals surface area contributed by atoms with E-state index in [-0.39, 0.29) is 24.6 Å². The highest BCUT2D eigenvalue weighted by molar-refractivity contribution is 5.78. The lowest BCUT2D eigenvalue weighted by Gasteiger charge is -2.26. The summed E-state index contributed by atoms with van der Waals surface area (Å²) >= 11 is 0. The summed E-state index contributed by atoms with van der Waals surface area (Å²) in [6.07, 6.45) is -3.66. The van der Waals surface area contributed by atoms with E-state index in [9.17, 15) is 18.0 Å². The van der Waals surface area contributed by atoms with Crippen molar-refractivity contribution in [3.05, 3.63) is 64.7 Å². The van der Waals surface area contributed by atoms with Crippen molar-refractivity contribution in [2.24, 2.45) is 0 Å². The van der Waals surface area contributed by atoms with Gasteiger partial charge in [0.15, 0.2) is 6.61 Å². The second-order valence-corrected chi connectivity index (χ2v) is 7.88. The Kier molecular flexibility index (Phi) is 7.56. The van der Waals surface area contributed by atoms with Crippen LogP contribution in [0.1, 0.15) is 22.3 Å². The van der Waals surface area contributed by atoms with Crippen molar-refractivity contribution in [2.75, 3.05) is 40.3 Å². The van der Waals surface area contributed by atoms with Gasteiger partial charge in [-0.05, 0) is 55.9 Å². The van der Waals surface area contributed by atoms with Crippen LogP contribution in [0.3, 0.4) is 0 Å². The van der Waals surface area contributed by atoms with Gasteiger partial charge in [-0.15, -0.1) is 0 Å². The van der Waals surface area contributed by atoms with Gasteiger partial charge in [0.2, 0.25) is 0 Å². The van der Waals surface area contributed by atoms with Crippen molar-refractivity contribution in [3.63, 3.8) is 0 Å². The lowest BCUT2D eigenvalue weighted by Crippen LogP contribution is -2.39. The third kappa shape index (κ3) is 6.21. The minimum atomic E-state index is -4.47. The summed E-state index contributed by atoms with van der Waals surface area (Å²) in [4.78, 5) is 16.3. The molecule has 1 aliphatic rings. The molecule has 31 heavy (non-hydrogen) atoms. The smallest absolute Gasteiger partial charge is 0.416 e.